The molecule has 21 heavy (non-hydrogen) atoms. The van der Waals surface area contributed by atoms with Gasteiger partial charge >= 0.3 is 0 Å². The smallest absolute Gasteiger partial charge is 0.124 e. The molecule has 0 aromatic heterocycles. The highest BCUT2D eigenvalue weighted by atomic mass is 35.5. The normalized spacial score (nSPS) is 10.7. The molecule has 0 aliphatic rings. The number of anilines is 1. The lowest BCUT2D eigenvalue weighted by molar-refractivity contribution is 0.269. The van der Waals surface area contributed by atoms with E-state index >= 15 is 0 Å². The van der Waals surface area contributed by atoms with E-state index in [9.17, 15) is 0 Å². The summed E-state index contributed by atoms with van der Waals surface area (Å²) in [6, 6.07) is 13.6. The molecule has 2 aromatic rings. The van der Waals surface area contributed by atoms with Crippen molar-refractivity contribution in [3.63, 3.8) is 0 Å². The van der Waals surface area contributed by atoms with Gasteiger partial charge in [0.2, 0.25) is 0 Å². The summed E-state index contributed by atoms with van der Waals surface area (Å²) < 4.78 is 5.84. The van der Waals surface area contributed by atoms with Crippen molar-refractivity contribution in [2.45, 2.75) is 20.4 Å². The quantitative estimate of drug-likeness (QED) is 0.742. The zero-order valence-corrected chi connectivity index (χ0v) is 13.7. The fourth-order valence-electron chi connectivity index (χ4n) is 1.88. The second-order valence-electron chi connectivity index (χ2n) is 5.27. The molecule has 0 aliphatic carbocycles. The van der Waals surface area contributed by atoms with Crippen molar-refractivity contribution in [2.24, 2.45) is 5.92 Å². The van der Waals surface area contributed by atoms with Gasteiger partial charge in [0.25, 0.3) is 0 Å². The molecule has 0 spiro atoms. The largest absolute Gasteiger partial charge is 0.493 e. The molecule has 0 radical (unpaired) electrons. The van der Waals surface area contributed by atoms with Crippen molar-refractivity contribution in [1.29, 1.82) is 0 Å². The van der Waals surface area contributed by atoms with Crippen molar-refractivity contribution in [3.8, 4) is 5.75 Å². The van der Waals surface area contributed by atoms with Crippen LogP contribution in [0.15, 0.2) is 42.5 Å². The molecular weight excluding hydrogens is 305 g/mol. The van der Waals surface area contributed by atoms with Crippen LogP contribution >= 0.6 is 23.2 Å². The van der Waals surface area contributed by atoms with Crippen LogP contribution in [0.5, 0.6) is 5.75 Å². The van der Waals surface area contributed by atoms with Gasteiger partial charge in [0.1, 0.15) is 5.75 Å². The molecule has 0 bridgehead atoms. The van der Waals surface area contributed by atoms with Crippen LogP contribution in [0.4, 0.5) is 5.69 Å². The van der Waals surface area contributed by atoms with Crippen LogP contribution in [0.25, 0.3) is 0 Å². The number of para-hydroxylation sites is 1. The summed E-state index contributed by atoms with van der Waals surface area (Å²) in [5.74, 6) is 1.39. The first-order chi connectivity index (χ1) is 10.1. The number of hydrogen-bond donors (Lipinski definition) is 1. The first-order valence-corrected chi connectivity index (χ1v) is 7.72. The SMILES string of the molecule is CC(C)COc1ccccc1CNc1cccc(Cl)c1Cl. The second kappa shape index (κ2) is 7.58. The molecule has 1 N–H and O–H groups in total. The number of rotatable bonds is 6. The third-order valence-electron chi connectivity index (χ3n) is 2.97. The van der Waals surface area contributed by atoms with E-state index in [0.29, 0.717) is 29.1 Å². The summed E-state index contributed by atoms with van der Waals surface area (Å²) in [5.41, 5.74) is 1.91. The molecule has 4 heteroatoms. The van der Waals surface area contributed by atoms with Gasteiger partial charge in [-0.25, -0.2) is 0 Å². The van der Waals surface area contributed by atoms with Crippen molar-refractivity contribution < 1.29 is 4.74 Å². The maximum absolute atomic E-state index is 6.18. The Balaban J connectivity index is 2.07. The molecule has 0 unspecified atom stereocenters. The number of benzene rings is 2. The van der Waals surface area contributed by atoms with Gasteiger partial charge < -0.3 is 10.1 Å². The molecule has 0 saturated carbocycles. The van der Waals surface area contributed by atoms with Crippen molar-refractivity contribution >= 4 is 28.9 Å². The average Bonchev–Trinajstić information content (AvgIpc) is 2.47. The lowest BCUT2D eigenvalue weighted by Crippen LogP contribution is -2.08. The van der Waals surface area contributed by atoms with Crippen LogP contribution in [-0.4, -0.2) is 6.61 Å². The van der Waals surface area contributed by atoms with Crippen LogP contribution < -0.4 is 10.1 Å². The van der Waals surface area contributed by atoms with E-state index < -0.39 is 0 Å². The maximum Gasteiger partial charge on any atom is 0.124 e. The highest BCUT2D eigenvalue weighted by molar-refractivity contribution is 6.43. The molecule has 2 aromatic carbocycles. The van der Waals surface area contributed by atoms with Crippen molar-refractivity contribution in [3.05, 3.63) is 58.1 Å². The van der Waals surface area contributed by atoms with Crippen molar-refractivity contribution in [1.82, 2.24) is 0 Å². The molecule has 0 amide bonds. The Labute approximate surface area is 136 Å². The first kappa shape index (κ1) is 16.0. The second-order valence-corrected chi connectivity index (χ2v) is 6.05. The van der Waals surface area contributed by atoms with Gasteiger partial charge in [-0.2, -0.15) is 0 Å². The molecule has 112 valence electrons. The summed E-state index contributed by atoms with van der Waals surface area (Å²) >= 11 is 12.2. The van der Waals surface area contributed by atoms with E-state index in [-0.39, 0.29) is 0 Å². The Morgan fingerprint density at radius 2 is 1.81 bits per heavy atom. The minimum atomic E-state index is 0.494. The predicted molar refractivity (Wildman–Crippen MR) is 90.6 cm³/mol. The van der Waals surface area contributed by atoms with Gasteiger partial charge in [0.05, 0.1) is 22.3 Å². The Hall–Kier alpha value is -1.38. The third-order valence-corrected chi connectivity index (χ3v) is 3.78. The summed E-state index contributed by atoms with van der Waals surface area (Å²) in [6.07, 6.45) is 0. The van der Waals surface area contributed by atoms with Gasteiger partial charge in [-0.05, 0) is 24.1 Å². The highest BCUT2D eigenvalue weighted by Gasteiger charge is 2.07. The molecule has 0 aliphatic heterocycles. The molecular formula is C17H19Cl2NO. The molecule has 2 rings (SSSR count). The monoisotopic (exact) mass is 323 g/mol. The third kappa shape index (κ3) is 4.55. The number of ether oxygens (including phenoxy) is 1. The van der Waals surface area contributed by atoms with Crippen LogP contribution in [0, 0.1) is 5.92 Å². The Kier molecular flexibility index (Phi) is 5.77. The summed E-state index contributed by atoms with van der Waals surface area (Å²) in [5, 5.41) is 4.39. The number of nitrogens with one attached hydrogen (secondary N) is 1. The standard InChI is InChI=1S/C17H19Cl2NO/c1-12(2)11-21-16-9-4-3-6-13(16)10-20-15-8-5-7-14(18)17(15)19/h3-9,12,20H,10-11H2,1-2H3. The van der Waals surface area contributed by atoms with Crippen LogP contribution in [-0.2, 0) is 6.54 Å². The molecule has 0 atom stereocenters. The molecule has 0 heterocycles. The summed E-state index contributed by atoms with van der Waals surface area (Å²) in [4.78, 5) is 0. The lowest BCUT2D eigenvalue weighted by Gasteiger charge is -2.15. The van der Waals surface area contributed by atoms with E-state index in [0.717, 1.165) is 17.0 Å². The van der Waals surface area contributed by atoms with E-state index in [2.05, 4.69) is 19.2 Å². The van der Waals surface area contributed by atoms with Crippen molar-refractivity contribution in [2.75, 3.05) is 11.9 Å². The number of hydrogen-bond acceptors (Lipinski definition) is 2. The zero-order valence-electron chi connectivity index (χ0n) is 12.2. The van der Waals surface area contributed by atoms with Gasteiger partial charge in [0.15, 0.2) is 0 Å². The maximum atomic E-state index is 6.18. The summed E-state index contributed by atoms with van der Waals surface area (Å²) in [7, 11) is 0. The molecule has 2 nitrogen and oxygen atoms in total. The Bertz CT molecular complexity index is 599. The minimum Gasteiger partial charge on any atom is -0.493 e. The summed E-state index contributed by atoms with van der Waals surface area (Å²) in [6.45, 7) is 5.60. The zero-order chi connectivity index (χ0) is 15.2. The first-order valence-electron chi connectivity index (χ1n) is 6.96. The van der Waals surface area contributed by atoms with Gasteiger partial charge in [0, 0.05) is 12.1 Å². The highest BCUT2D eigenvalue weighted by Crippen LogP contribution is 2.30. The minimum absolute atomic E-state index is 0.494. The molecule has 0 saturated heterocycles. The molecule has 0 fully saturated rings. The van der Waals surface area contributed by atoms with Crippen LogP contribution in [0.2, 0.25) is 10.0 Å². The number of halogens is 2. The van der Waals surface area contributed by atoms with Gasteiger partial charge in [-0.15, -0.1) is 0 Å². The average molecular weight is 324 g/mol. The Morgan fingerprint density at radius 3 is 2.57 bits per heavy atom. The van der Waals surface area contributed by atoms with E-state index in [1.54, 1.807) is 6.07 Å². The van der Waals surface area contributed by atoms with Gasteiger partial charge in [-0.1, -0.05) is 61.3 Å². The van der Waals surface area contributed by atoms with Crippen LogP contribution in [0.1, 0.15) is 19.4 Å². The lowest BCUT2D eigenvalue weighted by atomic mass is 10.2. The van der Waals surface area contributed by atoms with E-state index in [4.69, 9.17) is 27.9 Å². The van der Waals surface area contributed by atoms with Crippen LogP contribution in [0.3, 0.4) is 0 Å². The fourth-order valence-corrected chi connectivity index (χ4v) is 2.25. The topological polar surface area (TPSA) is 21.3 Å². The van der Waals surface area contributed by atoms with E-state index in [1.165, 1.54) is 0 Å². The fraction of sp³-hybridized carbons (Fsp3) is 0.294. The van der Waals surface area contributed by atoms with Gasteiger partial charge in [-0.3, -0.25) is 0 Å². The van der Waals surface area contributed by atoms with E-state index in [1.807, 2.05) is 36.4 Å². The Morgan fingerprint density at radius 1 is 1.05 bits per heavy atom. The predicted octanol–water partition coefficient (Wildman–Crippen LogP) is 5.64.